The maximum Gasteiger partial charge on any atom is 0.262 e. The van der Waals surface area contributed by atoms with Crippen LogP contribution in [-0.4, -0.2) is 8.42 Å². The zero-order valence-electron chi connectivity index (χ0n) is 11.0. The number of benzene rings is 2. The molecule has 21 heavy (non-hydrogen) atoms. The predicted octanol–water partition coefficient (Wildman–Crippen LogP) is 5.12. The lowest BCUT2D eigenvalue weighted by molar-refractivity contribution is 0.600. The Morgan fingerprint density at radius 3 is 2.43 bits per heavy atom. The highest BCUT2D eigenvalue weighted by Crippen LogP contribution is 2.28. The predicted molar refractivity (Wildman–Crippen MR) is 90.8 cm³/mol. The fourth-order valence-corrected chi connectivity index (χ4v) is 3.91. The van der Waals surface area contributed by atoms with E-state index in [0.29, 0.717) is 22.2 Å². The molecular weight excluding hydrogens is 397 g/mol. The maximum absolute atomic E-state index is 12.5. The first-order chi connectivity index (χ1) is 9.83. The highest BCUT2D eigenvalue weighted by molar-refractivity contribution is 9.10. The standard InChI is InChI=1S/C14H12BrCl2NO2S/c1-2-9-7-10(15)3-6-14(9)21(19,20)18-11-4-5-12(16)13(17)8-11/h3-8,18H,2H2,1H3. The van der Waals surface area contributed by atoms with E-state index in [-0.39, 0.29) is 4.90 Å². The van der Waals surface area contributed by atoms with E-state index in [4.69, 9.17) is 23.2 Å². The van der Waals surface area contributed by atoms with Gasteiger partial charge in [-0.15, -0.1) is 0 Å². The van der Waals surface area contributed by atoms with Crippen molar-refractivity contribution in [2.45, 2.75) is 18.2 Å². The Hall–Kier alpha value is -0.750. The fourth-order valence-electron chi connectivity index (χ4n) is 1.86. The Balaban J connectivity index is 2.40. The summed E-state index contributed by atoms with van der Waals surface area (Å²) in [6.07, 6.45) is 0.608. The summed E-state index contributed by atoms with van der Waals surface area (Å²) in [4.78, 5) is 0.249. The van der Waals surface area contributed by atoms with Crippen molar-refractivity contribution in [1.29, 1.82) is 0 Å². The molecule has 0 aromatic heterocycles. The molecule has 2 aromatic carbocycles. The number of hydrogen-bond acceptors (Lipinski definition) is 2. The Kier molecular flexibility index (Phi) is 5.20. The van der Waals surface area contributed by atoms with E-state index in [0.717, 1.165) is 10.0 Å². The topological polar surface area (TPSA) is 46.2 Å². The van der Waals surface area contributed by atoms with Crippen LogP contribution in [0.5, 0.6) is 0 Å². The molecule has 0 aliphatic rings. The minimum atomic E-state index is -3.68. The van der Waals surface area contributed by atoms with Crippen molar-refractivity contribution in [2.24, 2.45) is 0 Å². The van der Waals surface area contributed by atoms with Crippen LogP contribution < -0.4 is 4.72 Å². The van der Waals surface area contributed by atoms with Gasteiger partial charge in [-0.25, -0.2) is 8.42 Å². The van der Waals surface area contributed by atoms with Gasteiger partial charge in [0.1, 0.15) is 0 Å². The largest absolute Gasteiger partial charge is 0.280 e. The summed E-state index contributed by atoms with van der Waals surface area (Å²) < 4.78 is 28.3. The van der Waals surface area contributed by atoms with E-state index >= 15 is 0 Å². The molecule has 0 unspecified atom stereocenters. The third kappa shape index (κ3) is 3.92. The highest BCUT2D eigenvalue weighted by atomic mass is 79.9. The molecule has 2 aromatic rings. The third-order valence-electron chi connectivity index (χ3n) is 2.86. The van der Waals surface area contributed by atoms with E-state index in [1.807, 2.05) is 6.92 Å². The van der Waals surface area contributed by atoms with Gasteiger partial charge < -0.3 is 0 Å². The van der Waals surface area contributed by atoms with Gasteiger partial charge in [-0.1, -0.05) is 46.1 Å². The monoisotopic (exact) mass is 407 g/mol. The van der Waals surface area contributed by atoms with Crippen LogP contribution in [0.25, 0.3) is 0 Å². The van der Waals surface area contributed by atoms with Crippen molar-refractivity contribution in [2.75, 3.05) is 4.72 Å². The lowest BCUT2D eigenvalue weighted by Crippen LogP contribution is -2.15. The Bertz CT molecular complexity index is 779. The van der Waals surface area contributed by atoms with Crippen molar-refractivity contribution in [3.05, 3.63) is 56.5 Å². The molecule has 0 fully saturated rings. The minimum Gasteiger partial charge on any atom is -0.280 e. The van der Waals surface area contributed by atoms with E-state index < -0.39 is 10.0 Å². The van der Waals surface area contributed by atoms with Crippen LogP contribution in [0, 0.1) is 0 Å². The summed E-state index contributed by atoms with van der Waals surface area (Å²) >= 11 is 15.1. The quantitative estimate of drug-likeness (QED) is 0.762. The van der Waals surface area contributed by atoms with Gasteiger partial charge in [-0.05, 0) is 48.4 Å². The molecule has 2 rings (SSSR count). The first-order valence-corrected chi connectivity index (χ1v) is 9.13. The van der Waals surface area contributed by atoms with Gasteiger partial charge in [-0.3, -0.25) is 4.72 Å². The molecular formula is C14H12BrCl2NO2S. The first kappa shape index (κ1) is 16.6. The number of halogens is 3. The molecule has 7 heteroatoms. The average Bonchev–Trinajstić information content (AvgIpc) is 2.42. The van der Waals surface area contributed by atoms with Gasteiger partial charge in [0, 0.05) is 4.47 Å². The molecule has 0 aliphatic carbocycles. The molecule has 0 aliphatic heterocycles. The van der Waals surface area contributed by atoms with Crippen molar-refractivity contribution >= 4 is 54.8 Å². The summed E-state index contributed by atoms with van der Waals surface area (Å²) in [7, 11) is -3.68. The van der Waals surface area contributed by atoms with E-state index in [9.17, 15) is 8.42 Å². The molecule has 0 saturated carbocycles. The summed E-state index contributed by atoms with van der Waals surface area (Å²) in [5, 5.41) is 0.667. The lowest BCUT2D eigenvalue weighted by atomic mass is 10.2. The van der Waals surface area contributed by atoms with Gasteiger partial charge >= 0.3 is 0 Å². The summed E-state index contributed by atoms with van der Waals surface area (Å²) in [5.41, 5.74) is 1.10. The van der Waals surface area contributed by atoms with Gasteiger partial charge in [0.05, 0.1) is 20.6 Å². The van der Waals surface area contributed by atoms with Crippen LogP contribution in [0.4, 0.5) is 5.69 Å². The van der Waals surface area contributed by atoms with Crippen molar-refractivity contribution < 1.29 is 8.42 Å². The van der Waals surface area contributed by atoms with E-state index in [2.05, 4.69) is 20.7 Å². The second-order valence-corrected chi connectivity index (χ2v) is 7.72. The number of aryl methyl sites for hydroxylation is 1. The minimum absolute atomic E-state index is 0.249. The summed E-state index contributed by atoms with van der Waals surface area (Å²) in [6, 6.07) is 9.65. The molecule has 0 heterocycles. The molecule has 3 nitrogen and oxygen atoms in total. The zero-order valence-corrected chi connectivity index (χ0v) is 14.9. The van der Waals surface area contributed by atoms with Crippen LogP contribution in [-0.2, 0) is 16.4 Å². The molecule has 112 valence electrons. The molecule has 0 amide bonds. The van der Waals surface area contributed by atoms with Crippen LogP contribution in [0.3, 0.4) is 0 Å². The second kappa shape index (κ2) is 6.57. The van der Waals surface area contributed by atoms with Gasteiger partial charge in [-0.2, -0.15) is 0 Å². The van der Waals surface area contributed by atoms with E-state index in [1.165, 1.54) is 6.07 Å². The molecule has 1 N–H and O–H groups in total. The zero-order chi connectivity index (χ0) is 15.6. The molecule has 0 spiro atoms. The smallest absolute Gasteiger partial charge is 0.262 e. The maximum atomic E-state index is 12.5. The summed E-state index contributed by atoms with van der Waals surface area (Å²) in [6.45, 7) is 1.90. The summed E-state index contributed by atoms with van der Waals surface area (Å²) in [5.74, 6) is 0. The Morgan fingerprint density at radius 2 is 1.81 bits per heavy atom. The fraction of sp³-hybridized carbons (Fsp3) is 0.143. The SMILES string of the molecule is CCc1cc(Br)ccc1S(=O)(=O)Nc1ccc(Cl)c(Cl)c1. The van der Waals surface area contributed by atoms with Crippen molar-refractivity contribution in [3.8, 4) is 0 Å². The highest BCUT2D eigenvalue weighted by Gasteiger charge is 2.18. The van der Waals surface area contributed by atoms with Crippen molar-refractivity contribution in [1.82, 2.24) is 0 Å². The molecule has 0 atom stereocenters. The number of rotatable bonds is 4. The Labute approximate surface area is 142 Å². The molecule has 0 saturated heterocycles. The van der Waals surface area contributed by atoms with Crippen LogP contribution in [0.1, 0.15) is 12.5 Å². The lowest BCUT2D eigenvalue weighted by Gasteiger charge is -2.12. The number of nitrogens with one attached hydrogen (secondary N) is 1. The van der Waals surface area contributed by atoms with Crippen LogP contribution in [0.2, 0.25) is 10.0 Å². The number of hydrogen-bond donors (Lipinski definition) is 1. The molecule has 0 radical (unpaired) electrons. The van der Waals surface area contributed by atoms with Crippen LogP contribution >= 0.6 is 39.1 Å². The van der Waals surface area contributed by atoms with Gasteiger partial charge in [0.2, 0.25) is 0 Å². The number of anilines is 1. The Morgan fingerprint density at radius 1 is 1.10 bits per heavy atom. The van der Waals surface area contributed by atoms with Crippen molar-refractivity contribution in [3.63, 3.8) is 0 Å². The first-order valence-electron chi connectivity index (χ1n) is 6.10. The third-order valence-corrected chi connectivity index (χ3v) is 5.58. The average molecular weight is 409 g/mol. The van der Waals surface area contributed by atoms with Crippen LogP contribution in [0.15, 0.2) is 45.8 Å². The van der Waals surface area contributed by atoms with E-state index in [1.54, 1.807) is 30.3 Å². The van der Waals surface area contributed by atoms with Gasteiger partial charge in [0.25, 0.3) is 10.0 Å². The number of sulfonamides is 1. The van der Waals surface area contributed by atoms with Gasteiger partial charge in [0.15, 0.2) is 0 Å². The molecule has 0 bridgehead atoms. The second-order valence-electron chi connectivity index (χ2n) is 4.34. The normalized spacial score (nSPS) is 11.4.